The molecule has 25 heavy (non-hydrogen) atoms. The van der Waals surface area contributed by atoms with Gasteiger partial charge in [0.25, 0.3) is 0 Å². The highest BCUT2D eigenvalue weighted by molar-refractivity contribution is 9.10. The van der Waals surface area contributed by atoms with E-state index in [-0.39, 0.29) is 6.61 Å². The first-order valence-corrected chi connectivity index (χ1v) is 9.63. The molecule has 0 unspecified atom stereocenters. The van der Waals surface area contributed by atoms with Gasteiger partial charge in [0.05, 0.1) is 34.7 Å². The Morgan fingerprint density at radius 2 is 2.04 bits per heavy atom. The van der Waals surface area contributed by atoms with E-state index >= 15 is 0 Å². The quantitative estimate of drug-likeness (QED) is 0.718. The molecule has 0 radical (unpaired) electrons. The van der Waals surface area contributed by atoms with Gasteiger partial charge in [-0.2, -0.15) is 5.10 Å². The standard InChI is InChI=1S/C19H19BrN4O/c20-13-3-4-16-17(7-13)21-8-18(22-16)15-9-24(14-5-11(6-14)10-25)23-19(15)12-1-2-12/h3-4,7-9,11-12,14,25H,1-2,5-6,10H2/t11-,14-. The Kier molecular flexibility index (Phi) is 3.64. The van der Waals surface area contributed by atoms with Crippen LogP contribution in [0.4, 0.5) is 0 Å². The van der Waals surface area contributed by atoms with Crippen molar-refractivity contribution in [3.8, 4) is 11.3 Å². The number of hydrogen-bond donors (Lipinski definition) is 1. The zero-order valence-corrected chi connectivity index (χ0v) is 15.4. The summed E-state index contributed by atoms with van der Waals surface area (Å²) in [4.78, 5) is 9.42. The van der Waals surface area contributed by atoms with E-state index in [9.17, 15) is 5.11 Å². The molecule has 2 aliphatic carbocycles. The summed E-state index contributed by atoms with van der Waals surface area (Å²) in [6.07, 6.45) is 8.45. The van der Waals surface area contributed by atoms with Gasteiger partial charge in [0.15, 0.2) is 0 Å². The number of halogens is 1. The van der Waals surface area contributed by atoms with Crippen molar-refractivity contribution in [2.24, 2.45) is 5.92 Å². The molecule has 0 spiro atoms. The molecule has 2 aromatic heterocycles. The number of aromatic nitrogens is 4. The summed E-state index contributed by atoms with van der Waals surface area (Å²) in [6, 6.07) is 6.39. The monoisotopic (exact) mass is 398 g/mol. The molecule has 2 heterocycles. The first-order valence-electron chi connectivity index (χ1n) is 8.84. The molecule has 1 aromatic carbocycles. The Labute approximate surface area is 154 Å². The maximum absolute atomic E-state index is 9.26. The van der Waals surface area contributed by atoms with Crippen LogP contribution < -0.4 is 0 Å². The minimum atomic E-state index is 0.284. The number of nitrogens with zero attached hydrogens (tertiary/aromatic N) is 4. The van der Waals surface area contributed by atoms with Crippen LogP contribution in [0.3, 0.4) is 0 Å². The SMILES string of the molecule is OC[C@H]1C[C@H](n2cc(-c3cnc4cc(Br)ccc4n3)c(C3CC3)n2)C1. The smallest absolute Gasteiger partial charge is 0.0927 e. The summed E-state index contributed by atoms with van der Waals surface area (Å²) in [5.74, 6) is 0.994. The van der Waals surface area contributed by atoms with E-state index in [0.29, 0.717) is 17.9 Å². The summed E-state index contributed by atoms with van der Waals surface area (Å²) in [6.45, 7) is 0.284. The summed E-state index contributed by atoms with van der Waals surface area (Å²) in [5, 5.41) is 14.1. The third-order valence-corrected chi connectivity index (χ3v) is 5.84. The van der Waals surface area contributed by atoms with E-state index < -0.39 is 0 Å². The summed E-state index contributed by atoms with van der Waals surface area (Å²) in [5.41, 5.74) is 4.98. The minimum absolute atomic E-state index is 0.284. The van der Waals surface area contributed by atoms with Crippen LogP contribution in [0, 0.1) is 5.92 Å². The fourth-order valence-electron chi connectivity index (χ4n) is 3.63. The fraction of sp³-hybridized carbons (Fsp3) is 0.421. The molecule has 2 aliphatic rings. The lowest BCUT2D eigenvalue weighted by atomic mass is 9.81. The maximum Gasteiger partial charge on any atom is 0.0927 e. The zero-order chi connectivity index (χ0) is 17.0. The topological polar surface area (TPSA) is 63.8 Å². The summed E-state index contributed by atoms with van der Waals surface area (Å²) < 4.78 is 3.11. The molecule has 1 N–H and O–H groups in total. The number of aliphatic hydroxyl groups is 1. The van der Waals surface area contributed by atoms with Gasteiger partial charge >= 0.3 is 0 Å². The molecule has 5 nitrogen and oxygen atoms in total. The molecule has 0 bridgehead atoms. The van der Waals surface area contributed by atoms with E-state index in [2.05, 4.69) is 31.8 Å². The number of hydrogen-bond acceptors (Lipinski definition) is 4. The van der Waals surface area contributed by atoms with Crippen molar-refractivity contribution in [2.75, 3.05) is 6.61 Å². The van der Waals surface area contributed by atoms with Gasteiger partial charge in [0.1, 0.15) is 0 Å². The zero-order valence-electron chi connectivity index (χ0n) is 13.8. The molecule has 0 saturated heterocycles. The van der Waals surface area contributed by atoms with Crippen LogP contribution >= 0.6 is 15.9 Å². The van der Waals surface area contributed by atoms with E-state index in [0.717, 1.165) is 39.6 Å². The molecule has 3 aromatic rings. The Morgan fingerprint density at radius 1 is 1.20 bits per heavy atom. The number of aliphatic hydroxyl groups excluding tert-OH is 1. The summed E-state index contributed by atoms with van der Waals surface area (Å²) in [7, 11) is 0. The largest absolute Gasteiger partial charge is 0.396 e. The van der Waals surface area contributed by atoms with Crippen LogP contribution in [0.1, 0.15) is 43.3 Å². The van der Waals surface area contributed by atoms with Gasteiger partial charge in [-0.3, -0.25) is 9.67 Å². The van der Waals surface area contributed by atoms with Gasteiger partial charge in [0.2, 0.25) is 0 Å². The van der Waals surface area contributed by atoms with Crippen molar-refractivity contribution < 1.29 is 5.11 Å². The second-order valence-electron chi connectivity index (χ2n) is 7.24. The Balaban J connectivity index is 1.54. The number of rotatable bonds is 4. The van der Waals surface area contributed by atoms with Crippen LogP contribution in [0.15, 0.2) is 35.1 Å². The van der Waals surface area contributed by atoms with Crippen LogP contribution in [-0.2, 0) is 0 Å². The second kappa shape index (κ2) is 5.88. The predicted octanol–water partition coefficient (Wildman–Crippen LogP) is 4.08. The van der Waals surface area contributed by atoms with E-state index in [1.165, 1.54) is 18.5 Å². The van der Waals surface area contributed by atoms with Crippen molar-refractivity contribution in [2.45, 2.75) is 37.6 Å². The molecule has 0 amide bonds. The molecule has 0 atom stereocenters. The van der Waals surface area contributed by atoms with Gasteiger partial charge in [-0.05, 0) is 49.8 Å². The number of benzene rings is 1. The highest BCUT2D eigenvalue weighted by atomic mass is 79.9. The first kappa shape index (κ1) is 15.5. The van der Waals surface area contributed by atoms with Crippen LogP contribution in [-0.4, -0.2) is 31.5 Å². The average molecular weight is 399 g/mol. The molecule has 128 valence electrons. The molecular formula is C19H19BrN4O. The maximum atomic E-state index is 9.26. The van der Waals surface area contributed by atoms with Crippen LogP contribution in [0.2, 0.25) is 0 Å². The van der Waals surface area contributed by atoms with Crippen LogP contribution in [0.5, 0.6) is 0 Å². The lowest BCUT2D eigenvalue weighted by Gasteiger charge is -2.34. The normalized spacial score (nSPS) is 23.0. The Hall–Kier alpha value is -1.79. The molecule has 2 fully saturated rings. The number of fused-ring (bicyclic) bond motifs is 1. The highest BCUT2D eigenvalue weighted by Crippen LogP contribution is 2.45. The van der Waals surface area contributed by atoms with Gasteiger partial charge in [-0.25, -0.2) is 4.98 Å². The van der Waals surface area contributed by atoms with E-state index in [4.69, 9.17) is 10.1 Å². The third-order valence-electron chi connectivity index (χ3n) is 5.35. The molecule has 2 saturated carbocycles. The van der Waals surface area contributed by atoms with Crippen LogP contribution in [0.25, 0.3) is 22.3 Å². The van der Waals surface area contributed by atoms with Gasteiger partial charge in [-0.15, -0.1) is 0 Å². The van der Waals surface area contributed by atoms with Crippen molar-refractivity contribution >= 4 is 27.0 Å². The lowest BCUT2D eigenvalue weighted by molar-refractivity contribution is 0.105. The molecular weight excluding hydrogens is 380 g/mol. The summed E-state index contributed by atoms with van der Waals surface area (Å²) >= 11 is 3.48. The lowest BCUT2D eigenvalue weighted by Crippen LogP contribution is -2.29. The Bertz CT molecular complexity index is 944. The van der Waals surface area contributed by atoms with Crippen molar-refractivity contribution in [1.82, 2.24) is 19.7 Å². The van der Waals surface area contributed by atoms with Crippen molar-refractivity contribution in [3.05, 3.63) is 40.8 Å². The van der Waals surface area contributed by atoms with Gasteiger partial charge < -0.3 is 5.11 Å². The third kappa shape index (κ3) is 2.77. The van der Waals surface area contributed by atoms with E-state index in [1.807, 2.05) is 24.4 Å². The van der Waals surface area contributed by atoms with Crippen molar-refractivity contribution in [1.29, 1.82) is 0 Å². The average Bonchev–Trinajstić information content (AvgIpc) is 3.33. The highest BCUT2D eigenvalue weighted by Gasteiger charge is 2.34. The second-order valence-corrected chi connectivity index (χ2v) is 8.16. The molecule has 0 aliphatic heterocycles. The fourth-order valence-corrected chi connectivity index (χ4v) is 3.98. The first-order chi connectivity index (χ1) is 12.2. The molecule has 6 heteroatoms. The van der Waals surface area contributed by atoms with Gasteiger partial charge in [-0.1, -0.05) is 15.9 Å². The minimum Gasteiger partial charge on any atom is -0.396 e. The van der Waals surface area contributed by atoms with E-state index in [1.54, 1.807) is 0 Å². The predicted molar refractivity (Wildman–Crippen MR) is 99.3 cm³/mol. The van der Waals surface area contributed by atoms with Crippen molar-refractivity contribution in [3.63, 3.8) is 0 Å². The Morgan fingerprint density at radius 3 is 2.80 bits per heavy atom. The van der Waals surface area contributed by atoms with Gasteiger partial charge in [0, 0.05) is 28.8 Å². The molecule has 5 rings (SSSR count).